The number of hydrogen-bond donors (Lipinski definition) is 3. The molecule has 6 rings (SSSR count). The number of fused-ring (bicyclic) bond motifs is 2. The summed E-state index contributed by atoms with van der Waals surface area (Å²) in [6.07, 6.45) is 7.77. The van der Waals surface area contributed by atoms with Gasteiger partial charge in [-0.25, -0.2) is 4.98 Å². The third kappa shape index (κ3) is 2.86. The maximum Gasteiger partial charge on any atom is 0.138 e. The summed E-state index contributed by atoms with van der Waals surface area (Å²) in [6.45, 7) is 2.10. The summed E-state index contributed by atoms with van der Waals surface area (Å²) in [6, 6.07) is 12.3. The van der Waals surface area contributed by atoms with Crippen LogP contribution in [0.2, 0.25) is 0 Å². The SMILES string of the molecule is c1ccc(-c2ccnc3[nH]c(-c4n[nH]c5cnc(C6CCNCC6)cc45)cc23)nc1. The van der Waals surface area contributed by atoms with Gasteiger partial charge in [-0.3, -0.25) is 15.1 Å². The molecule has 7 nitrogen and oxygen atoms in total. The molecule has 0 saturated carbocycles. The molecular formula is C23H21N7. The molecular weight excluding hydrogens is 374 g/mol. The van der Waals surface area contributed by atoms with Gasteiger partial charge in [-0.05, 0) is 56.3 Å². The van der Waals surface area contributed by atoms with Gasteiger partial charge in [0.15, 0.2) is 0 Å². The second kappa shape index (κ2) is 7.03. The standard InChI is InChI=1S/C23H21N7/c1-2-7-25-18(3-1)15-6-10-26-23-16(15)11-20(28-23)22-17-12-19(14-4-8-24-9-5-14)27-13-21(17)29-30-22/h1-3,6-7,10-14,24H,4-5,8-9H2,(H,26,28)(H,29,30). The van der Waals surface area contributed by atoms with E-state index in [0.29, 0.717) is 5.92 Å². The Morgan fingerprint density at radius 3 is 2.70 bits per heavy atom. The van der Waals surface area contributed by atoms with E-state index >= 15 is 0 Å². The van der Waals surface area contributed by atoms with Crippen molar-refractivity contribution < 1.29 is 0 Å². The van der Waals surface area contributed by atoms with E-state index in [1.165, 1.54) is 0 Å². The third-order valence-electron chi connectivity index (χ3n) is 5.95. The fraction of sp³-hybridized carbons (Fsp3) is 0.217. The van der Waals surface area contributed by atoms with Gasteiger partial charge >= 0.3 is 0 Å². The Morgan fingerprint density at radius 2 is 1.83 bits per heavy atom. The third-order valence-corrected chi connectivity index (χ3v) is 5.95. The fourth-order valence-corrected chi connectivity index (χ4v) is 4.38. The van der Waals surface area contributed by atoms with E-state index in [9.17, 15) is 0 Å². The topological polar surface area (TPSA) is 95.2 Å². The number of rotatable bonds is 3. The van der Waals surface area contributed by atoms with Crippen LogP contribution in [0.5, 0.6) is 0 Å². The quantitative estimate of drug-likeness (QED) is 0.429. The molecule has 1 aliphatic rings. The van der Waals surface area contributed by atoms with Crippen LogP contribution >= 0.6 is 0 Å². The van der Waals surface area contributed by atoms with Gasteiger partial charge in [-0.1, -0.05) is 6.07 Å². The summed E-state index contributed by atoms with van der Waals surface area (Å²) in [4.78, 5) is 17.2. The van der Waals surface area contributed by atoms with Gasteiger partial charge in [0.05, 0.1) is 23.1 Å². The summed E-state index contributed by atoms with van der Waals surface area (Å²) in [5, 5.41) is 13.3. The molecule has 1 saturated heterocycles. The van der Waals surface area contributed by atoms with Crippen molar-refractivity contribution in [1.82, 2.24) is 35.5 Å². The smallest absolute Gasteiger partial charge is 0.138 e. The summed E-state index contributed by atoms with van der Waals surface area (Å²) in [7, 11) is 0. The molecule has 0 aliphatic carbocycles. The molecule has 5 aromatic heterocycles. The number of nitrogens with one attached hydrogen (secondary N) is 3. The highest BCUT2D eigenvalue weighted by molar-refractivity contribution is 5.99. The number of H-pyrrole nitrogens is 2. The number of nitrogens with zero attached hydrogens (tertiary/aromatic N) is 4. The summed E-state index contributed by atoms with van der Waals surface area (Å²) < 4.78 is 0. The van der Waals surface area contributed by atoms with E-state index in [1.54, 1.807) is 0 Å². The molecule has 0 radical (unpaired) electrons. The van der Waals surface area contributed by atoms with E-state index in [0.717, 1.165) is 76.2 Å². The molecule has 1 aliphatic heterocycles. The normalized spacial score (nSPS) is 15.2. The second-order valence-corrected chi connectivity index (χ2v) is 7.77. The lowest BCUT2D eigenvalue weighted by molar-refractivity contribution is 0.453. The minimum Gasteiger partial charge on any atom is -0.338 e. The molecule has 5 aromatic rings. The van der Waals surface area contributed by atoms with E-state index in [4.69, 9.17) is 4.98 Å². The van der Waals surface area contributed by atoms with Gasteiger partial charge in [0.2, 0.25) is 0 Å². The monoisotopic (exact) mass is 395 g/mol. The zero-order valence-corrected chi connectivity index (χ0v) is 16.4. The molecule has 0 bridgehead atoms. The molecule has 1 fully saturated rings. The van der Waals surface area contributed by atoms with Gasteiger partial charge < -0.3 is 10.3 Å². The van der Waals surface area contributed by atoms with Crippen LogP contribution in [0.25, 0.3) is 44.6 Å². The van der Waals surface area contributed by atoms with Crippen LogP contribution in [0.4, 0.5) is 0 Å². The van der Waals surface area contributed by atoms with Crippen molar-refractivity contribution in [1.29, 1.82) is 0 Å². The second-order valence-electron chi connectivity index (χ2n) is 7.77. The zero-order chi connectivity index (χ0) is 19.9. The van der Waals surface area contributed by atoms with Gasteiger partial charge in [0.1, 0.15) is 11.3 Å². The van der Waals surface area contributed by atoms with Gasteiger partial charge in [0.25, 0.3) is 0 Å². The lowest BCUT2D eigenvalue weighted by Crippen LogP contribution is -2.27. The lowest BCUT2D eigenvalue weighted by Gasteiger charge is -2.22. The van der Waals surface area contributed by atoms with Crippen LogP contribution in [-0.4, -0.2) is 43.2 Å². The molecule has 6 heterocycles. The van der Waals surface area contributed by atoms with Crippen LogP contribution in [-0.2, 0) is 0 Å². The van der Waals surface area contributed by atoms with Crippen molar-refractivity contribution in [2.75, 3.05) is 13.1 Å². The molecule has 148 valence electrons. The first kappa shape index (κ1) is 17.3. The number of hydrogen-bond acceptors (Lipinski definition) is 5. The summed E-state index contributed by atoms with van der Waals surface area (Å²) in [5.74, 6) is 0.499. The molecule has 7 heteroatoms. The molecule has 3 N–H and O–H groups in total. The zero-order valence-electron chi connectivity index (χ0n) is 16.4. The Bertz CT molecular complexity index is 1330. The predicted molar refractivity (Wildman–Crippen MR) is 117 cm³/mol. The Labute approximate surface area is 173 Å². The number of piperidine rings is 1. The molecule has 0 amide bonds. The maximum atomic E-state index is 4.70. The maximum absolute atomic E-state index is 4.70. The first-order valence-corrected chi connectivity index (χ1v) is 10.3. The first-order valence-electron chi connectivity index (χ1n) is 10.3. The van der Waals surface area contributed by atoms with Gasteiger partial charge in [0, 0.05) is 40.3 Å². The van der Waals surface area contributed by atoms with Crippen molar-refractivity contribution in [3.8, 4) is 22.6 Å². The van der Waals surface area contributed by atoms with Crippen molar-refractivity contribution >= 4 is 21.9 Å². The largest absolute Gasteiger partial charge is 0.338 e. The van der Waals surface area contributed by atoms with Crippen LogP contribution in [0.1, 0.15) is 24.5 Å². The summed E-state index contributed by atoms with van der Waals surface area (Å²) >= 11 is 0. The Morgan fingerprint density at radius 1 is 0.900 bits per heavy atom. The molecule has 30 heavy (non-hydrogen) atoms. The Hall–Kier alpha value is -3.58. The summed E-state index contributed by atoms with van der Waals surface area (Å²) in [5.41, 5.74) is 6.74. The number of pyridine rings is 3. The van der Waals surface area contributed by atoms with Crippen molar-refractivity contribution in [2.45, 2.75) is 18.8 Å². The highest BCUT2D eigenvalue weighted by atomic mass is 15.1. The molecule has 0 unspecified atom stereocenters. The Balaban J connectivity index is 1.47. The van der Waals surface area contributed by atoms with E-state index in [1.807, 2.05) is 42.9 Å². The van der Waals surface area contributed by atoms with Crippen molar-refractivity contribution in [3.63, 3.8) is 0 Å². The van der Waals surface area contributed by atoms with Crippen LogP contribution in [0, 0.1) is 0 Å². The van der Waals surface area contributed by atoms with E-state index < -0.39 is 0 Å². The molecule has 0 atom stereocenters. The molecule has 0 spiro atoms. The average molecular weight is 395 g/mol. The predicted octanol–water partition coefficient (Wildman–Crippen LogP) is 4.03. The van der Waals surface area contributed by atoms with E-state index in [-0.39, 0.29) is 0 Å². The minimum absolute atomic E-state index is 0.499. The van der Waals surface area contributed by atoms with Crippen LogP contribution in [0.3, 0.4) is 0 Å². The number of aromatic nitrogens is 6. The van der Waals surface area contributed by atoms with E-state index in [2.05, 4.69) is 42.6 Å². The minimum atomic E-state index is 0.499. The highest BCUT2D eigenvalue weighted by Gasteiger charge is 2.19. The van der Waals surface area contributed by atoms with Crippen LogP contribution in [0.15, 0.2) is 55.0 Å². The Kier molecular flexibility index (Phi) is 4.06. The van der Waals surface area contributed by atoms with Crippen LogP contribution < -0.4 is 5.32 Å². The first-order chi connectivity index (χ1) is 14.9. The molecule has 0 aromatic carbocycles. The van der Waals surface area contributed by atoms with Crippen molar-refractivity contribution in [2.24, 2.45) is 0 Å². The van der Waals surface area contributed by atoms with Gasteiger partial charge in [-0.15, -0.1) is 0 Å². The highest BCUT2D eigenvalue weighted by Crippen LogP contribution is 2.33. The van der Waals surface area contributed by atoms with Gasteiger partial charge in [-0.2, -0.15) is 5.10 Å². The lowest BCUT2D eigenvalue weighted by atomic mass is 9.93. The average Bonchev–Trinajstić information content (AvgIpc) is 3.43. The van der Waals surface area contributed by atoms with Crippen molar-refractivity contribution in [3.05, 3.63) is 60.7 Å². The number of aromatic amines is 2. The fourth-order valence-electron chi connectivity index (χ4n) is 4.38.